The van der Waals surface area contributed by atoms with Crippen LogP contribution < -0.4 is 4.90 Å². The first kappa shape index (κ1) is 17.1. The second kappa shape index (κ2) is 7.88. The van der Waals surface area contributed by atoms with Crippen molar-refractivity contribution in [2.24, 2.45) is 0 Å². The maximum absolute atomic E-state index is 4.93. The average Bonchev–Trinajstić information content (AvgIpc) is 3.24. The summed E-state index contributed by atoms with van der Waals surface area (Å²) in [6.45, 7) is 7.46. The fourth-order valence-electron chi connectivity index (χ4n) is 3.24. The smallest absolute Gasteiger partial charge is 0.226 e. The van der Waals surface area contributed by atoms with Gasteiger partial charge < -0.3 is 4.90 Å². The van der Waals surface area contributed by atoms with Crippen LogP contribution in [0, 0.1) is 0 Å². The number of aromatic nitrogens is 4. The van der Waals surface area contributed by atoms with Gasteiger partial charge in [0.05, 0.1) is 22.5 Å². The standard InChI is InChI=1S/C19H22N6S/c1-2-7-24-8-10-25(11-9-24)19-22-13-15(16-14-20-5-6-21-16)18(23-19)17-4-3-12-26-17/h3-6,12-14H,2,7-11H2,1H3. The van der Waals surface area contributed by atoms with Crippen molar-refractivity contribution >= 4 is 17.3 Å². The van der Waals surface area contributed by atoms with Gasteiger partial charge in [-0.05, 0) is 24.4 Å². The summed E-state index contributed by atoms with van der Waals surface area (Å²) in [6, 6.07) is 4.14. The molecule has 0 spiro atoms. The number of thiophene rings is 1. The first-order chi connectivity index (χ1) is 12.8. The molecule has 0 aromatic carbocycles. The maximum atomic E-state index is 4.93. The van der Waals surface area contributed by atoms with E-state index in [9.17, 15) is 0 Å². The van der Waals surface area contributed by atoms with Crippen molar-refractivity contribution in [2.45, 2.75) is 13.3 Å². The summed E-state index contributed by atoms with van der Waals surface area (Å²) in [4.78, 5) is 24.1. The second-order valence-electron chi connectivity index (χ2n) is 6.33. The zero-order valence-electron chi connectivity index (χ0n) is 14.9. The molecule has 7 heteroatoms. The second-order valence-corrected chi connectivity index (χ2v) is 7.28. The Labute approximate surface area is 157 Å². The lowest BCUT2D eigenvalue weighted by atomic mass is 10.1. The van der Waals surface area contributed by atoms with E-state index in [1.807, 2.05) is 12.3 Å². The molecule has 4 heterocycles. The lowest BCUT2D eigenvalue weighted by molar-refractivity contribution is 0.257. The highest BCUT2D eigenvalue weighted by atomic mass is 32.1. The number of anilines is 1. The molecule has 134 valence electrons. The van der Waals surface area contributed by atoms with Gasteiger partial charge in [-0.2, -0.15) is 0 Å². The van der Waals surface area contributed by atoms with Crippen molar-refractivity contribution in [3.63, 3.8) is 0 Å². The van der Waals surface area contributed by atoms with E-state index in [2.05, 4.69) is 43.1 Å². The Hall–Kier alpha value is -2.38. The van der Waals surface area contributed by atoms with Gasteiger partial charge in [0.15, 0.2) is 0 Å². The summed E-state index contributed by atoms with van der Waals surface area (Å²) >= 11 is 1.68. The Morgan fingerprint density at radius 3 is 2.65 bits per heavy atom. The molecular weight excluding hydrogens is 344 g/mol. The van der Waals surface area contributed by atoms with E-state index >= 15 is 0 Å². The minimum absolute atomic E-state index is 0.801. The number of nitrogens with zero attached hydrogens (tertiary/aromatic N) is 6. The van der Waals surface area contributed by atoms with Crippen molar-refractivity contribution in [1.82, 2.24) is 24.8 Å². The summed E-state index contributed by atoms with van der Waals surface area (Å²) in [5.41, 5.74) is 2.66. The van der Waals surface area contributed by atoms with Crippen molar-refractivity contribution in [3.8, 4) is 21.8 Å². The van der Waals surface area contributed by atoms with E-state index in [0.29, 0.717) is 0 Å². The molecule has 1 aliphatic heterocycles. The highest BCUT2D eigenvalue weighted by molar-refractivity contribution is 7.13. The third-order valence-corrected chi connectivity index (χ3v) is 5.44. The van der Waals surface area contributed by atoms with Crippen LogP contribution in [0.2, 0.25) is 0 Å². The Kier molecular flexibility index (Phi) is 5.17. The van der Waals surface area contributed by atoms with Crippen LogP contribution in [0.4, 0.5) is 5.95 Å². The molecule has 0 unspecified atom stereocenters. The molecule has 0 bridgehead atoms. The minimum atomic E-state index is 0.801. The number of hydrogen-bond acceptors (Lipinski definition) is 7. The molecule has 0 amide bonds. The third kappa shape index (κ3) is 3.59. The fraction of sp³-hybridized carbons (Fsp3) is 0.368. The highest BCUT2D eigenvalue weighted by Gasteiger charge is 2.21. The van der Waals surface area contributed by atoms with Gasteiger partial charge in [-0.25, -0.2) is 9.97 Å². The van der Waals surface area contributed by atoms with Gasteiger partial charge in [-0.3, -0.25) is 14.9 Å². The zero-order valence-corrected chi connectivity index (χ0v) is 15.7. The molecular formula is C19H22N6S. The topological polar surface area (TPSA) is 58.0 Å². The van der Waals surface area contributed by atoms with E-state index in [0.717, 1.165) is 54.0 Å². The van der Waals surface area contributed by atoms with Gasteiger partial charge in [0.1, 0.15) is 0 Å². The first-order valence-corrected chi connectivity index (χ1v) is 9.87. The van der Waals surface area contributed by atoms with Crippen LogP contribution in [0.1, 0.15) is 13.3 Å². The van der Waals surface area contributed by atoms with E-state index < -0.39 is 0 Å². The Morgan fingerprint density at radius 1 is 1.08 bits per heavy atom. The normalized spacial score (nSPS) is 15.3. The van der Waals surface area contributed by atoms with Gasteiger partial charge in [0, 0.05) is 50.3 Å². The van der Waals surface area contributed by atoms with E-state index in [1.54, 1.807) is 29.9 Å². The molecule has 1 fully saturated rings. The van der Waals surface area contributed by atoms with Crippen LogP contribution in [-0.2, 0) is 0 Å². The zero-order chi connectivity index (χ0) is 17.8. The summed E-state index contributed by atoms with van der Waals surface area (Å²) in [5.74, 6) is 0.803. The fourth-order valence-corrected chi connectivity index (χ4v) is 3.97. The third-order valence-electron chi connectivity index (χ3n) is 4.56. The minimum Gasteiger partial charge on any atom is -0.338 e. The van der Waals surface area contributed by atoms with Gasteiger partial charge in [-0.1, -0.05) is 13.0 Å². The van der Waals surface area contributed by atoms with Crippen molar-refractivity contribution in [1.29, 1.82) is 0 Å². The molecule has 0 atom stereocenters. The predicted molar refractivity (Wildman–Crippen MR) is 105 cm³/mol. The van der Waals surface area contributed by atoms with Crippen LogP contribution in [0.25, 0.3) is 21.8 Å². The summed E-state index contributed by atoms with van der Waals surface area (Å²) in [5, 5.41) is 2.07. The summed E-state index contributed by atoms with van der Waals surface area (Å²) < 4.78 is 0. The quantitative estimate of drug-likeness (QED) is 0.691. The highest BCUT2D eigenvalue weighted by Crippen LogP contribution is 2.32. The largest absolute Gasteiger partial charge is 0.338 e. The maximum Gasteiger partial charge on any atom is 0.226 e. The van der Waals surface area contributed by atoms with Gasteiger partial charge >= 0.3 is 0 Å². The molecule has 3 aromatic heterocycles. The van der Waals surface area contributed by atoms with Crippen LogP contribution in [0.5, 0.6) is 0 Å². The Balaban J connectivity index is 1.65. The Morgan fingerprint density at radius 2 is 1.96 bits per heavy atom. The van der Waals surface area contributed by atoms with Crippen molar-refractivity contribution in [2.75, 3.05) is 37.6 Å². The molecule has 4 rings (SSSR count). The van der Waals surface area contributed by atoms with Crippen LogP contribution >= 0.6 is 11.3 Å². The van der Waals surface area contributed by atoms with Crippen molar-refractivity contribution < 1.29 is 0 Å². The molecule has 0 radical (unpaired) electrons. The lowest BCUT2D eigenvalue weighted by Gasteiger charge is -2.34. The van der Waals surface area contributed by atoms with Gasteiger partial charge in [0.2, 0.25) is 5.95 Å². The van der Waals surface area contributed by atoms with Crippen LogP contribution in [0.15, 0.2) is 42.3 Å². The molecule has 26 heavy (non-hydrogen) atoms. The van der Waals surface area contributed by atoms with Gasteiger partial charge in [0.25, 0.3) is 0 Å². The van der Waals surface area contributed by atoms with Crippen LogP contribution in [0.3, 0.4) is 0 Å². The monoisotopic (exact) mass is 366 g/mol. The van der Waals surface area contributed by atoms with E-state index in [4.69, 9.17) is 4.98 Å². The molecule has 6 nitrogen and oxygen atoms in total. The molecule has 3 aromatic rings. The SMILES string of the molecule is CCCN1CCN(c2ncc(-c3cnccn3)c(-c3cccs3)n2)CC1. The number of hydrogen-bond donors (Lipinski definition) is 0. The number of rotatable bonds is 5. The van der Waals surface area contributed by atoms with Crippen LogP contribution in [-0.4, -0.2) is 57.6 Å². The van der Waals surface area contributed by atoms with Gasteiger partial charge in [-0.15, -0.1) is 11.3 Å². The average molecular weight is 366 g/mol. The van der Waals surface area contributed by atoms with E-state index in [1.165, 1.54) is 13.0 Å². The lowest BCUT2D eigenvalue weighted by Crippen LogP contribution is -2.47. The molecule has 1 saturated heterocycles. The number of piperazine rings is 1. The molecule has 1 aliphatic rings. The van der Waals surface area contributed by atoms with Crippen molar-refractivity contribution in [3.05, 3.63) is 42.3 Å². The summed E-state index contributed by atoms with van der Waals surface area (Å²) in [6.07, 6.45) is 8.23. The molecule has 0 aliphatic carbocycles. The Bertz CT molecular complexity index is 829. The summed E-state index contributed by atoms with van der Waals surface area (Å²) in [7, 11) is 0. The molecule has 0 saturated carbocycles. The predicted octanol–water partition coefficient (Wildman–Crippen LogP) is 3.19. The molecule has 0 N–H and O–H groups in total. The first-order valence-electron chi connectivity index (χ1n) is 8.99. The van der Waals surface area contributed by atoms with E-state index in [-0.39, 0.29) is 0 Å².